The molecular formula is C6H9NO4Si. The lowest BCUT2D eigenvalue weighted by Crippen LogP contribution is -2.32. The van der Waals surface area contributed by atoms with Crippen LogP contribution in [0.1, 0.15) is 6.42 Å². The van der Waals surface area contributed by atoms with Gasteiger partial charge in [-0.1, -0.05) is 0 Å². The van der Waals surface area contributed by atoms with E-state index < -0.39 is 0 Å². The average molecular weight is 187 g/mol. The van der Waals surface area contributed by atoms with Crippen LogP contribution in [0.5, 0.6) is 0 Å². The van der Waals surface area contributed by atoms with E-state index >= 15 is 0 Å². The molecule has 0 aliphatic carbocycles. The van der Waals surface area contributed by atoms with Gasteiger partial charge in [-0.25, -0.2) is 4.90 Å². The highest BCUT2D eigenvalue weighted by atomic mass is 28.1. The monoisotopic (exact) mass is 187 g/mol. The van der Waals surface area contributed by atoms with E-state index in [1.807, 2.05) is 0 Å². The summed E-state index contributed by atoms with van der Waals surface area (Å²) in [5, 5.41) is 0. The van der Waals surface area contributed by atoms with Gasteiger partial charge < -0.3 is 4.74 Å². The van der Waals surface area contributed by atoms with Crippen LogP contribution in [-0.4, -0.2) is 40.2 Å². The number of hydrogen-bond acceptors (Lipinski definition) is 4. The maximum absolute atomic E-state index is 11.2. The molecule has 1 saturated heterocycles. The summed E-state index contributed by atoms with van der Waals surface area (Å²) in [6.07, 6.45) is 0.271. The van der Waals surface area contributed by atoms with Crippen molar-refractivity contribution in [3.05, 3.63) is 0 Å². The van der Waals surface area contributed by atoms with Crippen LogP contribution >= 0.6 is 0 Å². The molecule has 1 heterocycles. The van der Waals surface area contributed by atoms with Crippen molar-refractivity contribution in [3.63, 3.8) is 0 Å². The number of ether oxygens (including phenoxy) is 1. The minimum absolute atomic E-state index is 0.146. The van der Waals surface area contributed by atoms with Crippen LogP contribution in [0.15, 0.2) is 0 Å². The van der Waals surface area contributed by atoms with Crippen LogP contribution in [0, 0.1) is 0 Å². The molecule has 0 radical (unpaired) electrons. The Morgan fingerprint density at radius 3 is 2.75 bits per heavy atom. The molecule has 0 aromatic heterocycles. The normalized spacial score (nSPS) is 23.3. The molecule has 1 atom stereocenters. The maximum Gasteiger partial charge on any atom is 0.294 e. The van der Waals surface area contributed by atoms with Gasteiger partial charge in [0.1, 0.15) is 0 Å². The minimum atomic E-state index is -0.248. The highest BCUT2D eigenvalue weighted by Gasteiger charge is 2.35. The van der Waals surface area contributed by atoms with Crippen molar-refractivity contribution >= 4 is 28.5 Å². The smallest absolute Gasteiger partial charge is 0.294 e. The van der Waals surface area contributed by atoms with E-state index in [9.17, 15) is 14.4 Å². The summed E-state index contributed by atoms with van der Waals surface area (Å²) in [6.45, 7) is -0.0130. The largest absolute Gasteiger partial charge is 0.446 e. The van der Waals surface area contributed by atoms with Crippen LogP contribution in [-0.2, 0) is 19.1 Å². The lowest BCUT2D eigenvalue weighted by atomic mass is 10.3. The van der Waals surface area contributed by atoms with Crippen LogP contribution in [0.2, 0.25) is 5.54 Å². The zero-order valence-electron chi connectivity index (χ0n) is 6.65. The van der Waals surface area contributed by atoms with Crippen molar-refractivity contribution < 1.29 is 19.1 Å². The Morgan fingerprint density at radius 1 is 1.67 bits per heavy atom. The zero-order chi connectivity index (χ0) is 9.14. The Bertz CT molecular complexity index is 230. The van der Waals surface area contributed by atoms with E-state index in [0.717, 1.165) is 4.90 Å². The molecule has 66 valence electrons. The van der Waals surface area contributed by atoms with Crippen molar-refractivity contribution in [2.45, 2.75) is 12.0 Å². The van der Waals surface area contributed by atoms with Crippen molar-refractivity contribution in [1.29, 1.82) is 0 Å². The molecule has 2 amide bonds. The Kier molecular flexibility index (Phi) is 2.59. The fraction of sp³-hybridized carbons (Fsp3) is 0.500. The number of carbonyl (C=O) groups excluding carboxylic acids is 3. The number of hydrogen-bond donors (Lipinski definition) is 0. The molecule has 0 saturated carbocycles. The Balaban J connectivity index is 2.57. The van der Waals surface area contributed by atoms with Gasteiger partial charge in [0.25, 0.3) is 6.47 Å². The summed E-state index contributed by atoms with van der Waals surface area (Å²) in [4.78, 5) is 33.0. The summed E-state index contributed by atoms with van der Waals surface area (Å²) < 4.78 is 4.33. The average Bonchev–Trinajstić information content (AvgIpc) is 2.25. The van der Waals surface area contributed by atoms with Gasteiger partial charge in [-0.15, -0.1) is 0 Å². The third-order valence-corrected chi connectivity index (χ3v) is 2.64. The zero-order valence-corrected chi connectivity index (χ0v) is 8.65. The topological polar surface area (TPSA) is 63.7 Å². The molecule has 1 unspecified atom stereocenters. The summed E-state index contributed by atoms with van der Waals surface area (Å²) in [5.41, 5.74) is -0.146. The highest BCUT2D eigenvalue weighted by molar-refractivity contribution is 6.29. The fourth-order valence-electron chi connectivity index (χ4n) is 1.09. The number of amides is 2. The van der Waals surface area contributed by atoms with Gasteiger partial charge in [0.2, 0.25) is 11.8 Å². The predicted octanol–water partition coefficient (Wildman–Crippen LogP) is -1.97. The second kappa shape index (κ2) is 3.48. The van der Waals surface area contributed by atoms with Gasteiger partial charge in [-0.3, -0.25) is 14.4 Å². The first-order valence-electron chi connectivity index (χ1n) is 3.56. The van der Waals surface area contributed by atoms with Crippen molar-refractivity contribution in [2.75, 3.05) is 6.73 Å². The number of rotatable bonds is 3. The second-order valence-corrected chi connectivity index (χ2v) is 4.05. The van der Waals surface area contributed by atoms with Crippen LogP contribution in [0.25, 0.3) is 0 Å². The van der Waals surface area contributed by atoms with Gasteiger partial charge in [-0.05, 0) is 0 Å². The summed E-state index contributed by atoms with van der Waals surface area (Å²) in [5.74, 6) is -0.463. The van der Waals surface area contributed by atoms with E-state index in [0.29, 0.717) is 10.2 Å². The molecule has 12 heavy (non-hydrogen) atoms. The number of carbonyl (C=O) groups is 3. The van der Waals surface area contributed by atoms with Crippen molar-refractivity contribution in [3.8, 4) is 0 Å². The minimum Gasteiger partial charge on any atom is -0.446 e. The van der Waals surface area contributed by atoms with E-state index in [1.165, 1.54) is 0 Å². The van der Waals surface area contributed by atoms with Gasteiger partial charge in [-0.2, -0.15) is 0 Å². The highest BCUT2D eigenvalue weighted by Crippen LogP contribution is 2.20. The molecule has 5 nitrogen and oxygen atoms in total. The van der Waals surface area contributed by atoms with E-state index in [4.69, 9.17) is 0 Å². The first kappa shape index (κ1) is 8.92. The summed E-state index contributed by atoms with van der Waals surface area (Å²) in [7, 11) is 0.666. The quantitative estimate of drug-likeness (QED) is 0.292. The first-order valence-corrected chi connectivity index (χ1v) is 4.71. The lowest BCUT2D eigenvalue weighted by molar-refractivity contribution is -0.148. The first-order chi connectivity index (χ1) is 5.66. The van der Waals surface area contributed by atoms with Crippen molar-refractivity contribution in [2.24, 2.45) is 0 Å². The van der Waals surface area contributed by atoms with E-state index in [1.54, 1.807) is 0 Å². The van der Waals surface area contributed by atoms with Crippen LogP contribution in [0.3, 0.4) is 0 Å². The summed E-state index contributed by atoms with van der Waals surface area (Å²) in [6, 6.07) is 0. The lowest BCUT2D eigenvalue weighted by Gasteiger charge is -2.11. The Morgan fingerprint density at radius 2 is 2.33 bits per heavy atom. The third-order valence-electron chi connectivity index (χ3n) is 1.74. The van der Waals surface area contributed by atoms with Crippen molar-refractivity contribution in [1.82, 2.24) is 4.90 Å². The third kappa shape index (κ3) is 1.53. The molecule has 6 heteroatoms. The van der Waals surface area contributed by atoms with Gasteiger partial charge in [0.05, 0.1) is 0 Å². The molecule has 1 aliphatic rings. The van der Waals surface area contributed by atoms with E-state index in [2.05, 4.69) is 4.74 Å². The SMILES string of the molecule is O=COCN1C(=O)CC([SiH3])C1=O. The molecule has 0 aromatic rings. The van der Waals surface area contributed by atoms with Crippen LogP contribution in [0.4, 0.5) is 0 Å². The Hall–Kier alpha value is -1.17. The van der Waals surface area contributed by atoms with Gasteiger partial charge in [0.15, 0.2) is 6.73 Å². The predicted molar refractivity (Wildman–Crippen MR) is 42.2 cm³/mol. The molecule has 0 spiro atoms. The number of imide groups is 1. The summed E-state index contributed by atoms with van der Waals surface area (Å²) >= 11 is 0. The number of nitrogens with zero attached hydrogens (tertiary/aromatic N) is 1. The maximum atomic E-state index is 11.2. The molecule has 0 N–H and O–H groups in total. The molecule has 1 rings (SSSR count). The molecular weight excluding hydrogens is 178 g/mol. The van der Waals surface area contributed by atoms with Crippen LogP contribution < -0.4 is 0 Å². The number of likely N-dealkylation sites (tertiary alicyclic amines) is 1. The molecule has 1 aliphatic heterocycles. The Labute approximate surface area is 72.1 Å². The standard InChI is InChI=1S/C6H9NO4Si/c8-3-11-2-7-5(9)1-4(12)6(7)10/h3-4H,1-2H2,12H3. The molecule has 0 aromatic carbocycles. The van der Waals surface area contributed by atoms with E-state index in [-0.39, 0.29) is 37.0 Å². The fourth-order valence-corrected chi connectivity index (χ4v) is 1.75. The molecule has 0 bridgehead atoms. The second-order valence-electron chi connectivity index (χ2n) is 2.66. The van der Waals surface area contributed by atoms with Gasteiger partial charge in [0, 0.05) is 22.2 Å². The molecule has 1 fully saturated rings. The van der Waals surface area contributed by atoms with Gasteiger partial charge >= 0.3 is 0 Å².